The standard InChI is InChI=1S/C13H18N2O4/c1-9(7-10-5-3-2-4-6-10)14-13(19)15-11(8-16)12(17)18/h2-6,9,11,16H,7-8H2,1H3,(H,17,18)(H2,14,15,19)/t9?,11-/m1/s1. The third-order valence-corrected chi connectivity index (χ3v) is 2.55. The van der Waals surface area contributed by atoms with Gasteiger partial charge in [-0.15, -0.1) is 0 Å². The van der Waals surface area contributed by atoms with Crippen LogP contribution < -0.4 is 10.6 Å². The zero-order chi connectivity index (χ0) is 14.3. The van der Waals surface area contributed by atoms with Crippen LogP contribution in [-0.2, 0) is 11.2 Å². The Hall–Kier alpha value is -2.08. The molecule has 1 aromatic carbocycles. The van der Waals surface area contributed by atoms with E-state index in [0.717, 1.165) is 5.56 Å². The van der Waals surface area contributed by atoms with Crippen LogP contribution in [0.1, 0.15) is 12.5 Å². The first-order valence-electron chi connectivity index (χ1n) is 5.97. The normalized spacial score (nSPS) is 13.4. The average Bonchev–Trinajstić information content (AvgIpc) is 2.36. The summed E-state index contributed by atoms with van der Waals surface area (Å²) in [5, 5.41) is 22.3. The first kappa shape index (κ1) is 15.0. The predicted octanol–water partition coefficient (Wildman–Crippen LogP) is 0.362. The van der Waals surface area contributed by atoms with Gasteiger partial charge in [-0.3, -0.25) is 0 Å². The lowest BCUT2D eigenvalue weighted by Crippen LogP contribution is -2.50. The summed E-state index contributed by atoms with van der Waals surface area (Å²) >= 11 is 0. The number of carbonyl (C=O) groups is 2. The van der Waals surface area contributed by atoms with Gasteiger partial charge in [0.25, 0.3) is 0 Å². The second-order valence-corrected chi connectivity index (χ2v) is 4.28. The van der Waals surface area contributed by atoms with Crippen molar-refractivity contribution in [1.29, 1.82) is 0 Å². The van der Waals surface area contributed by atoms with Gasteiger partial charge in [-0.1, -0.05) is 30.3 Å². The molecular weight excluding hydrogens is 248 g/mol. The molecule has 19 heavy (non-hydrogen) atoms. The second kappa shape index (κ2) is 7.38. The largest absolute Gasteiger partial charge is 0.480 e. The molecule has 0 saturated heterocycles. The number of carbonyl (C=O) groups excluding carboxylic acids is 1. The molecule has 0 aliphatic heterocycles. The van der Waals surface area contributed by atoms with Crippen LogP contribution in [-0.4, -0.2) is 40.9 Å². The first-order chi connectivity index (χ1) is 9.02. The highest BCUT2D eigenvalue weighted by molar-refractivity contribution is 5.82. The Labute approximate surface area is 111 Å². The molecule has 0 heterocycles. The molecule has 1 unspecified atom stereocenters. The van der Waals surface area contributed by atoms with Crippen LogP contribution in [0.3, 0.4) is 0 Å². The summed E-state index contributed by atoms with van der Waals surface area (Å²) in [6, 6.07) is 7.59. The summed E-state index contributed by atoms with van der Waals surface area (Å²) in [7, 11) is 0. The number of hydrogen-bond donors (Lipinski definition) is 4. The Morgan fingerprint density at radius 3 is 2.37 bits per heavy atom. The minimum absolute atomic E-state index is 0.143. The highest BCUT2D eigenvalue weighted by Gasteiger charge is 2.19. The van der Waals surface area contributed by atoms with Crippen molar-refractivity contribution in [1.82, 2.24) is 10.6 Å². The van der Waals surface area contributed by atoms with E-state index in [1.165, 1.54) is 0 Å². The van der Waals surface area contributed by atoms with E-state index in [0.29, 0.717) is 6.42 Å². The second-order valence-electron chi connectivity index (χ2n) is 4.28. The molecule has 0 bridgehead atoms. The summed E-state index contributed by atoms with van der Waals surface area (Å²) in [5.74, 6) is -1.27. The Balaban J connectivity index is 2.42. The lowest BCUT2D eigenvalue weighted by Gasteiger charge is -2.17. The van der Waals surface area contributed by atoms with Gasteiger partial charge in [0, 0.05) is 6.04 Å². The lowest BCUT2D eigenvalue weighted by atomic mass is 10.1. The zero-order valence-corrected chi connectivity index (χ0v) is 10.7. The van der Waals surface area contributed by atoms with Gasteiger partial charge in [-0.05, 0) is 18.9 Å². The molecule has 1 rings (SSSR count). The molecule has 0 saturated carbocycles. The molecule has 6 nitrogen and oxygen atoms in total. The van der Waals surface area contributed by atoms with E-state index in [-0.39, 0.29) is 6.04 Å². The summed E-state index contributed by atoms with van der Waals surface area (Å²) in [6.07, 6.45) is 0.644. The molecule has 6 heteroatoms. The van der Waals surface area contributed by atoms with E-state index < -0.39 is 24.6 Å². The third-order valence-electron chi connectivity index (χ3n) is 2.55. The van der Waals surface area contributed by atoms with Crippen LogP contribution in [0.4, 0.5) is 4.79 Å². The maximum absolute atomic E-state index is 11.5. The fourth-order valence-electron chi connectivity index (χ4n) is 1.63. The van der Waals surface area contributed by atoms with Gasteiger partial charge in [0.1, 0.15) is 0 Å². The zero-order valence-electron chi connectivity index (χ0n) is 10.7. The molecule has 4 N–H and O–H groups in total. The number of benzene rings is 1. The molecule has 0 aliphatic rings. The van der Waals surface area contributed by atoms with Gasteiger partial charge in [-0.25, -0.2) is 9.59 Å². The number of aliphatic carboxylic acids is 1. The molecular formula is C13H18N2O4. The highest BCUT2D eigenvalue weighted by atomic mass is 16.4. The minimum atomic E-state index is -1.29. The number of hydrogen-bond acceptors (Lipinski definition) is 3. The number of urea groups is 1. The number of carboxylic acids is 1. The van der Waals surface area contributed by atoms with Crippen molar-refractivity contribution >= 4 is 12.0 Å². The molecule has 0 aromatic heterocycles. The Kier molecular flexibility index (Phi) is 5.81. The molecule has 2 atom stereocenters. The molecule has 0 aliphatic carbocycles. The summed E-state index contributed by atoms with van der Waals surface area (Å²) in [4.78, 5) is 22.2. The molecule has 0 spiro atoms. The number of carboxylic acid groups (broad SMARTS) is 1. The number of rotatable bonds is 6. The van der Waals surface area contributed by atoms with Crippen LogP contribution in [0.25, 0.3) is 0 Å². The van der Waals surface area contributed by atoms with Gasteiger partial charge in [-0.2, -0.15) is 0 Å². The quantitative estimate of drug-likeness (QED) is 0.597. The average molecular weight is 266 g/mol. The number of amides is 2. The molecule has 1 aromatic rings. The van der Waals surface area contributed by atoms with Gasteiger partial charge in [0.2, 0.25) is 0 Å². The van der Waals surface area contributed by atoms with E-state index in [9.17, 15) is 9.59 Å². The summed E-state index contributed by atoms with van der Waals surface area (Å²) in [6.45, 7) is 1.18. The Morgan fingerprint density at radius 1 is 1.21 bits per heavy atom. The number of aliphatic hydroxyl groups excluding tert-OH is 1. The van der Waals surface area contributed by atoms with Gasteiger partial charge in [0.05, 0.1) is 6.61 Å². The van der Waals surface area contributed by atoms with Crippen molar-refractivity contribution < 1.29 is 19.8 Å². The summed E-state index contributed by atoms with van der Waals surface area (Å²) < 4.78 is 0. The van der Waals surface area contributed by atoms with Crippen molar-refractivity contribution in [2.45, 2.75) is 25.4 Å². The molecule has 0 radical (unpaired) electrons. The van der Waals surface area contributed by atoms with Gasteiger partial charge >= 0.3 is 12.0 Å². The van der Waals surface area contributed by atoms with Crippen LogP contribution >= 0.6 is 0 Å². The SMILES string of the molecule is CC(Cc1ccccc1)NC(=O)N[C@H](CO)C(=O)O. The van der Waals surface area contributed by atoms with Crippen LogP contribution in [0, 0.1) is 0 Å². The highest BCUT2D eigenvalue weighted by Crippen LogP contribution is 2.02. The maximum atomic E-state index is 11.5. The van der Waals surface area contributed by atoms with E-state index in [1.807, 2.05) is 37.3 Å². The predicted molar refractivity (Wildman–Crippen MR) is 69.8 cm³/mol. The molecule has 2 amide bonds. The fraction of sp³-hybridized carbons (Fsp3) is 0.385. The van der Waals surface area contributed by atoms with Crippen molar-refractivity contribution in [2.24, 2.45) is 0 Å². The molecule has 104 valence electrons. The monoisotopic (exact) mass is 266 g/mol. The topological polar surface area (TPSA) is 98.7 Å². The minimum Gasteiger partial charge on any atom is -0.480 e. The van der Waals surface area contributed by atoms with Gasteiger partial charge in [0.15, 0.2) is 6.04 Å². The Bertz CT molecular complexity index is 422. The summed E-state index contributed by atoms with van der Waals surface area (Å²) in [5.41, 5.74) is 1.08. The van der Waals surface area contributed by atoms with Crippen molar-refractivity contribution in [2.75, 3.05) is 6.61 Å². The van der Waals surface area contributed by atoms with E-state index >= 15 is 0 Å². The van der Waals surface area contributed by atoms with Crippen molar-refractivity contribution in [3.8, 4) is 0 Å². The van der Waals surface area contributed by atoms with E-state index in [1.54, 1.807) is 0 Å². The Morgan fingerprint density at radius 2 is 1.84 bits per heavy atom. The number of aliphatic hydroxyl groups is 1. The van der Waals surface area contributed by atoms with E-state index in [2.05, 4.69) is 10.6 Å². The van der Waals surface area contributed by atoms with E-state index in [4.69, 9.17) is 10.2 Å². The van der Waals surface area contributed by atoms with Crippen molar-refractivity contribution in [3.63, 3.8) is 0 Å². The maximum Gasteiger partial charge on any atom is 0.328 e. The third kappa shape index (κ3) is 5.39. The fourth-order valence-corrected chi connectivity index (χ4v) is 1.63. The van der Waals surface area contributed by atoms with Crippen LogP contribution in [0.2, 0.25) is 0 Å². The lowest BCUT2D eigenvalue weighted by molar-refractivity contribution is -0.140. The van der Waals surface area contributed by atoms with Crippen LogP contribution in [0.15, 0.2) is 30.3 Å². The van der Waals surface area contributed by atoms with Gasteiger partial charge < -0.3 is 20.8 Å². The van der Waals surface area contributed by atoms with Crippen molar-refractivity contribution in [3.05, 3.63) is 35.9 Å². The number of nitrogens with one attached hydrogen (secondary N) is 2. The molecule has 0 fully saturated rings. The van der Waals surface area contributed by atoms with Crippen LogP contribution in [0.5, 0.6) is 0 Å². The smallest absolute Gasteiger partial charge is 0.328 e. The first-order valence-corrected chi connectivity index (χ1v) is 5.97.